The van der Waals surface area contributed by atoms with Gasteiger partial charge in [-0.25, -0.2) is 0 Å². The number of hydrogen-bond donors (Lipinski definition) is 1. The van der Waals surface area contributed by atoms with Crippen molar-refractivity contribution in [3.05, 3.63) is 65.2 Å². The van der Waals surface area contributed by atoms with E-state index in [4.69, 9.17) is 4.42 Å². The van der Waals surface area contributed by atoms with Crippen LogP contribution in [0.3, 0.4) is 0 Å². The predicted molar refractivity (Wildman–Crippen MR) is 117 cm³/mol. The summed E-state index contributed by atoms with van der Waals surface area (Å²) in [4.78, 5) is 12.3. The van der Waals surface area contributed by atoms with E-state index in [-0.39, 0.29) is 17.7 Å². The van der Waals surface area contributed by atoms with Gasteiger partial charge in [0.15, 0.2) is 0 Å². The number of nitrogens with zero attached hydrogens (tertiary/aromatic N) is 2. The third-order valence-electron chi connectivity index (χ3n) is 4.50. The molecule has 1 aromatic heterocycles. The van der Waals surface area contributed by atoms with Crippen LogP contribution >= 0.6 is 11.8 Å². The topological polar surface area (TPSA) is 68.0 Å². The lowest BCUT2D eigenvalue weighted by molar-refractivity contribution is -0.119. The Balaban J connectivity index is 1.51. The SMILES string of the molecule is Cc1cccc(-c2nnc(SCC(=O)NC(C)c3ccc(CC(C)C)cc3)o2)c1. The lowest BCUT2D eigenvalue weighted by Gasteiger charge is -2.15. The highest BCUT2D eigenvalue weighted by Gasteiger charge is 2.14. The number of nitrogens with one attached hydrogen (secondary N) is 1. The van der Waals surface area contributed by atoms with Gasteiger partial charge in [-0.15, -0.1) is 10.2 Å². The second-order valence-electron chi connectivity index (χ2n) is 7.66. The van der Waals surface area contributed by atoms with E-state index in [1.165, 1.54) is 17.3 Å². The summed E-state index contributed by atoms with van der Waals surface area (Å²) in [5, 5.41) is 11.5. The molecule has 1 heterocycles. The van der Waals surface area contributed by atoms with E-state index in [9.17, 15) is 4.79 Å². The summed E-state index contributed by atoms with van der Waals surface area (Å²) in [6.45, 7) is 8.42. The number of aromatic nitrogens is 2. The fraction of sp³-hybridized carbons (Fsp3) is 0.348. The van der Waals surface area contributed by atoms with Gasteiger partial charge in [-0.2, -0.15) is 0 Å². The molecule has 1 N–H and O–H groups in total. The van der Waals surface area contributed by atoms with Gasteiger partial charge in [-0.1, -0.05) is 67.6 Å². The van der Waals surface area contributed by atoms with Crippen molar-refractivity contribution in [3.63, 3.8) is 0 Å². The second-order valence-corrected chi connectivity index (χ2v) is 8.59. The largest absolute Gasteiger partial charge is 0.411 e. The van der Waals surface area contributed by atoms with E-state index in [0.717, 1.165) is 23.1 Å². The van der Waals surface area contributed by atoms with E-state index >= 15 is 0 Å². The van der Waals surface area contributed by atoms with Gasteiger partial charge in [0.2, 0.25) is 11.8 Å². The second kappa shape index (κ2) is 9.74. The molecular formula is C23H27N3O2S. The smallest absolute Gasteiger partial charge is 0.277 e. The summed E-state index contributed by atoms with van der Waals surface area (Å²) in [6, 6.07) is 16.3. The van der Waals surface area contributed by atoms with Crippen molar-refractivity contribution in [3.8, 4) is 11.5 Å². The molecule has 0 aliphatic carbocycles. The number of hydrogen-bond acceptors (Lipinski definition) is 5. The first-order valence-corrected chi connectivity index (χ1v) is 10.8. The molecule has 3 rings (SSSR count). The Bertz CT molecular complexity index is 951. The molecule has 0 saturated heterocycles. The van der Waals surface area contributed by atoms with Crippen LogP contribution in [-0.2, 0) is 11.2 Å². The van der Waals surface area contributed by atoms with Crippen LogP contribution in [-0.4, -0.2) is 21.9 Å². The molecule has 29 heavy (non-hydrogen) atoms. The van der Waals surface area contributed by atoms with Gasteiger partial charge < -0.3 is 9.73 Å². The van der Waals surface area contributed by atoms with E-state index in [2.05, 4.69) is 53.6 Å². The van der Waals surface area contributed by atoms with Crippen molar-refractivity contribution in [1.29, 1.82) is 0 Å². The van der Waals surface area contributed by atoms with Gasteiger partial charge in [0.05, 0.1) is 11.8 Å². The molecule has 0 spiro atoms. The minimum Gasteiger partial charge on any atom is -0.411 e. The third kappa shape index (κ3) is 6.19. The number of carbonyl (C=O) groups excluding carboxylic acids is 1. The molecular weight excluding hydrogens is 382 g/mol. The minimum atomic E-state index is -0.0657. The van der Waals surface area contributed by atoms with Crippen molar-refractivity contribution in [2.75, 3.05) is 5.75 Å². The van der Waals surface area contributed by atoms with Crippen molar-refractivity contribution in [2.45, 2.75) is 45.4 Å². The fourth-order valence-corrected chi connectivity index (χ4v) is 3.64. The van der Waals surface area contributed by atoms with Crippen molar-refractivity contribution in [1.82, 2.24) is 15.5 Å². The average molecular weight is 410 g/mol. The maximum Gasteiger partial charge on any atom is 0.277 e. The number of rotatable bonds is 8. The van der Waals surface area contributed by atoms with Crippen LogP contribution < -0.4 is 5.32 Å². The van der Waals surface area contributed by atoms with Crippen LogP contribution in [0.2, 0.25) is 0 Å². The Hall–Kier alpha value is -2.60. The van der Waals surface area contributed by atoms with Crippen molar-refractivity contribution < 1.29 is 9.21 Å². The fourth-order valence-electron chi connectivity index (χ4n) is 3.07. The molecule has 5 nitrogen and oxygen atoms in total. The molecule has 152 valence electrons. The number of aryl methyl sites for hydroxylation is 1. The maximum atomic E-state index is 12.3. The molecule has 3 aromatic rings. The van der Waals surface area contributed by atoms with Gasteiger partial charge in [-0.3, -0.25) is 4.79 Å². The highest BCUT2D eigenvalue weighted by Crippen LogP contribution is 2.24. The number of amides is 1. The summed E-state index contributed by atoms with van der Waals surface area (Å²) < 4.78 is 5.67. The van der Waals surface area contributed by atoms with Crippen LogP contribution in [0, 0.1) is 12.8 Å². The van der Waals surface area contributed by atoms with Crippen LogP contribution in [0.25, 0.3) is 11.5 Å². The van der Waals surface area contributed by atoms with E-state index in [1.807, 2.05) is 38.1 Å². The van der Waals surface area contributed by atoms with Gasteiger partial charge in [0, 0.05) is 5.56 Å². The van der Waals surface area contributed by atoms with Crippen molar-refractivity contribution in [2.24, 2.45) is 5.92 Å². The summed E-state index contributed by atoms with van der Waals surface area (Å²) in [6.07, 6.45) is 1.06. The zero-order valence-corrected chi connectivity index (χ0v) is 18.1. The first-order valence-electron chi connectivity index (χ1n) is 9.82. The van der Waals surface area contributed by atoms with Crippen LogP contribution in [0.4, 0.5) is 0 Å². The van der Waals surface area contributed by atoms with E-state index in [0.29, 0.717) is 17.0 Å². The van der Waals surface area contributed by atoms with Gasteiger partial charge in [0.25, 0.3) is 5.22 Å². The lowest BCUT2D eigenvalue weighted by Crippen LogP contribution is -2.28. The van der Waals surface area contributed by atoms with Crippen molar-refractivity contribution >= 4 is 17.7 Å². The molecule has 0 bridgehead atoms. The van der Waals surface area contributed by atoms with Gasteiger partial charge in [-0.05, 0) is 49.4 Å². The monoisotopic (exact) mass is 409 g/mol. The summed E-state index contributed by atoms with van der Waals surface area (Å²) in [7, 11) is 0. The van der Waals surface area contributed by atoms with E-state index in [1.54, 1.807) is 0 Å². The molecule has 0 aliphatic rings. The quantitative estimate of drug-likeness (QED) is 0.517. The molecule has 1 amide bonds. The molecule has 0 fully saturated rings. The molecule has 0 aliphatic heterocycles. The predicted octanol–water partition coefficient (Wildman–Crippen LogP) is 5.21. The average Bonchev–Trinajstić information content (AvgIpc) is 3.15. The normalized spacial score (nSPS) is 12.2. The van der Waals surface area contributed by atoms with Gasteiger partial charge in [0.1, 0.15) is 0 Å². The number of thioether (sulfide) groups is 1. The molecule has 1 atom stereocenters. The van der Waals surface area contributed by atoms with Crippen LogP contribution in [0.5, 0.6) is 0 Å². The number of carbonyl (C=O) groups is 1. The summed E-state index contributed by atoms with van der Waals surface area (Å²) >= 11 is 1.24. The molecule has 0 radical (unpaired) electrons. The molecule has 0 saturated carbocycles. The van der Waals surface area contributed by atoms with Crippen LogP contribution in [0.15, 0.2) is 58.2 Å². The Morgan fingerprint density at radius 1 is 1.10 bits per heavy atom. The lowest BCUT2D eigenvalue weighted by atomic mass is 10.00. The highest BCUT2D eigenvalue weighted by molar-refractivity contribution is 7.99. The number of benzene rings is 2. The maximum absolute atomic E-state index is 12.3. The molecule has 2 aromatic carbocycles. The first kappa shape index (κ1) is 21.1. The summed E-state index contributed by atoms with van der Waals surface area (Å²) in [5.74, 6) is 1.26. The Morgan fingerprint density at radius 2 is 1.86 bits per heavy atom. The zero-order valence-electron chi connectivity index (χ0n) is 17.3. The Kier molecular flexibility index (Phi) is 7.09. The molecule has 1 unspecified atom stereocenters. The van der Waals surface area contributed by atoms with Crippen LogP contribution in [0.1, 0.15) is 43.5 Å². The molecule has 6 heteroatoms. The zero-order chi connectivity index (χ0) is 20.8. The first-order chi connectivity index (χ1) is 13.9. The minimum absolute atomic E-state index is 0.0539. The van der Waals surface area contributed by atoms with E-state index < -0.39 is 0 Å². The third-order valence-corrected chi connectivity index (χ3v) is 5.32. The standard InChI is InChI=1S/C23H27N3O2S/c1-15(2)12-18-8-10-19(11-9-18)17(4)24-21(27)14-29-23-26-25-22(28-23)20-7-5-6-16(3)13-20/h5-11,13,15,17H,12,14H2,1-4H3,(H,24,27). The van der Waals surface area contributed by atoms with Gasteiger partial charge >= 0.3 is 0 Å². The Labute approximate surface area is 176 Å². The Morgan fingerprint density at radius 3 is 2.55 bits per heavy atom. The highest BCUT2D eigenvalue weighted by atomic mass is 32.2. The summed E-state index contributed by atoms with van der Waals surface area (Å²) in [5.41, 5.74) is 4.41.